The number of benzene rings is 2. The number of carbonyl (C=O) groups excluding carboxylic acids is 1. The second kappa shape index (κ2) is 9.86. The molecule has 1 heterocycles. The van der Waals surface area contributed by atoms with E-state index in [4.69, 9.17) is 0 Å². The molecule has 2 aromatic carbocycles. The van der Waals surface area contributed by atoms with Gasteiger partial charge in [0.1, 0.15) is 11.4 Å². The molecule has 0 saturated heterocycles. The molecule has 1 aromatic heterocycles. The fourth-order valence-electron chi connectivity index (χ4n) is 3.44. The van der Waals surface area contributed by atoms with Gasteiger partial charge in [0.15, 0.2) is 5.75 Å². The molecular formula is C23H27N5O4. The maximum Gasteiger partial charge on any atom is 0.291 e. The van der Waals surface area contributed by atoms with Crippen molar-refractivity contribution in [2.24, 2.45) is 0 Å². The van der Waals surface area contributed by atoms with Gasteiger partial charge in [-0.2, -0.15) is 0 Å². The lowest BCUT2D eigenvalue weighted by molar-refractivity contribution is 0.0960. The van der Waals surface area contributed by atoms with E-state index in [9.17, 15) is 19.5 Å². The lowest BCUT2D eigenvalue weighted by Gasteiger charge is -2.21. The van der Waals surface area contributed by atoms with E-state index >= 15 is 0 Å². The van der Waals surface area contributed by atoms with Crippen molar-refractivity contribution in [1.29, 1.82) is 0 Å². The van der Waals surface area contributed by atoms with Crippen LogP contribution in [0.5, 0.6) is 5.75 Å². The van der Waals surface area contributed by atoms with Crippen molar-refractivity contribution in [3.63, 3.8) is 0 Å². The number of hydrogen-bond acceptors (Lipinski definition) is 6. The Balaban J connectivity index is 2.11. The number of carbonyl (C=O) groups is 1. The number of aromatic hydroxyl groups is 1. The van der Waals surface area contributed by atoms with Crippen LogP contribution in [-0.4, -0.2) is 27.8 Å². The average Bonchev–Trinajstić information content (AvgIpc) is 2.82. The lowest BCUT2D eigenvalue weighted by atomic mass is 10.0. The molecule has 0 spiro atoms. The average molecular weight is 438 g/mol. The van der Waals surface area contributed by atoms with Crippen LogP contribution < -0.4 is 27.1 Å². The molecule has 0 saturated carbocycles. The van der Waals surface area contributed by atoms with Crippen molar-refractivity contribution in [3.8, 4) is 5.75 Å². The molecule has 1 atom stereocenters. The zero-order valence-electron chi connectivity index (χ0n) is 18.2. The minimum Gasteiger partial charge on any atom is -0.505 e. The highest BCUT2D eigenvalue weighted by atomic mass is 16.3. The topological polar surface area (TPSA) is 128 Å². The molecule has 0 fully saturated rings. The van der Waals surface area contributed by atoms with Gasteiger partial charge in [0, 0.05) is 13.6 Å². The third-order valence-corrected chi connectivity index (χ3v) is 5.18. The Morgan fingerprint density at radius 2 is 1.78 bits per heavy atom. The van der Waals surface area contributed by atoms with Crippen molar-refractivity contribution in [2.45, 2.75) is 32.9 Å². The maximum absolute atomic E-state index is 13.1. The fraction of sp³-hybridized carbons (Fsp3) is 0.261. The Morgan fingerprint density at radius 3 is 2.41 bits per heavy atom. The van der Waals surface area contributed by atoms with Crippen molar-refractivity contribution >= 4 is 23.0 Å². The first-order valence-corrected chi connectivity index (χ1v) is 10.4. The van der Waals surface area contributed by atoms with Crippen LogP contribution in [0.15, 0.2) is 58.1 Å². The minimum atomic E-state index is -0.481. The van der Waals surface area contributed by atoms with Crippen molar-refractivity contribution < 1.29 is 9.90 Å². The van der Waals surface area contributed by atoms with Crippen molar-refractivity contribution in [1.82, 2.24) is 15.1 Å². The number of hydrogen-bond donors (Lipinski definition) is 5. The number of rotatable bonds is 8. The predicted octanol–water partition coefficient (Wildman–Crippen LogP) is 2.93. The number of nitrogens with one attached hydrogen (secondary N) is 4. The Hall–Kier alpha value is -4.01. The molecule has 1 amide bonds. The molecular weight excluding hydrogens is 410 g/mol. The van der Waals surface area contributed by atoms with E-state index in [0.29, 0.717) is 6.42 Å². The van der Waals surface area contributed by atoms with Gasteiger partial charge in [0.05, 0.1) is 17.3 Å². The molecule has 32 heavy (non-hydrogen) atoms. The van der Waals surface area contributed by atoms with Crippen LogP contribution in [0.2, 0.25) is 0 Å². The second-order valence-electron chi connectivity index (χ2n) is 7.16. The summed E-state index contributed by atoms with van der Waals surface area (Å²) in [5.74, 6) is -0.799. The normalized spacial score (nSPS) is 11.6. The second-order valence-corrected chi connectivity index (χ2v) is 7.16. The SMILES string of the molecule is CCC(Nc1c(Nc2cccc(C(=O)NC)c2O)c(=O)n(CC)[nH]c1=O)c1ccccc1. The summed E-state index contributed by atoms with van der Waals surface area (Å²) in [5.41, 5.74) is 0.224. The van der Waals surface area contributed by atoms with E-state index in [0.717, 1.165) is 5.56 Å². The monoisotopic (exact) mass is 437 g/mol. The highest BCUT2D eigenvalue weighted by molar-refractivity contribution is 5.99. The van der Waals surface area contributed by atoms with Crippen LogP contribution in [0.4, 0.5) is 17.1 Å². The number of phenols is 1. The predicted molar refractivity (Wildman–Crippen MR) is 125 cm³/mol. The smallest absolute Gasteiger partial charge is 0.291 e. The lowest BCUT2D eigenvalue weighted by Crippen LogP contribution is -2.33. The largest absolute Gasteiger partial charge is 0.505 e. The summed E-state index contributed by atoms with van der Waals surface area (Å²) < 4.78 is 1.18. The number of phenolic OH excluding ortho intramolecular Hbond substituents is 1. The van der Waals surface area contributed by atoms with Crippen LogP contribution in [0.3, 0.4) is 0 Å². The quantitative estimate of drug-likeness (QED) is 0.345. The van der Waals surface area contributed by atoms with Gasteiger partial charge in [-0.3, -0.25) is 19.5 Å². The number of anilines is 3. The summed E-state index contributed by atoms with van der Waals surface area (Å²) in [5, 5.41) is 21.7. The maximum atomic E-state index is 13.1. The van der Waals surface area contributed by atoms with E-state index < -0.39 is 17.0 Å². The van der Waals surface area contributed by atoms with E-state index in [1.165, 1.54) is 23.9 Å². The van der Waals surface area contributed by atoms with E-state index in [1.54, 1.807) is 13.0 Å². The number of nitrogens with zero attached hydrogens (tertiary/aromatic N) is 1. The number of para-hydroxylation sites is 1. The molecule has 9 heteroatoms. The van der Waals surface area contributed by atoms with Gasteiger partial charge in [0.2, 0.25) is 0 Å². The van der Waals surface area contributed by atoms with Crippen LogP contribution in [0.25, 0.3) is 0 Å². The molecule has 5 N–H and O–H groups in total. The Labute approximate surface area is 185 Å². The number of aromatic nitrogens is 2. The molecule has 3 aromatic rings. The van der Waals surface area contributed by atoms with Gasteiger partial charge in [-0.25, -0.2) is 4.68 Å². The summed E-state index contributed by atoms with van der Waals surface area (Å²) in [4.78, 5) is 38.0. The van der Waals surface area contributed by atoms with Crippen LogP contribution in [-0.2, 0) is 6.54 Å². The number of H-pyrrole nitrogens is 1. The molecule has 0 bridgehead atoms. The Bertz CT molecular complexity index is 1220. The van der Waals surface area contributed by atoms with Crippen LogP contribution in [0, 0.1) is 0 Å². The zero-order valence-corrected chi connectivity index (χ0v) is 18.2. The van der Waals surface area contributed by atoms with E-state index in [-0.39, 0.29) is 41.0 Å². The molecule has 0 radical (unpaired) electrons. The summed E-state index contributed by atoms with van der Waals surface area (Å²) in [7, 11) is 1.45. The molecule has 0 aliphatic rings. The molecule has 168 valence electrons. The molecule has 9 nitrogen and oxygen atoms in total. The molecule has 1 unspecified atom stereocenters. The fourth-order valence-corrected chi connectivity index (χ4v) is 3.44. The third kappa shape index (κ3) is 4.51. The van der Waals surface area contributed by atoms with Crippen molar-refractivity contribution in [3.05, 3.63) is 80.4 Å². The van der Waals surface area contributed by atoms with Gasteiger partial charge in [-0.1, -0.05) is 43.3 Å². The van der Waals surface area contributed by atoms with Gasteiger partial charge < -0.3 is 21.1 Å². The number of aromatic amines is 1. The first-order valence-electron chi connectivity index (χ1n) is 10.4. The molecule has 0 aliphatic heterocycles. The summed E-state index contributed by atoms with van der Waals surface area (Å²) >= 11 is 0. The first-order chi connectivity index (χ1) is 15.4. The Kier molecular flexibility index (Phi) is 6.99. The summed E-state index contributed by atoms with van der Waals surface area (Å²) in [6.07, 6.45) is 0.664. The van der Waals surface area contributed by atoms with Gasteiger partial charge in [0.25, 0.3) is 17.0 Å². The summed E-state index contributed by atoms with van der Waals surface area (Å²) in [6, 6.07) is 13.9. The minimum absolute atomic E-state index is 0.0191. The van der Waals surface area contributed by atoms with E-state index in [2.05, 4.69) is 21.0 Å². The number of aryl methyl sites for hydroxylation is 1. The zero-order chi connectivity index (χ0) is 23.3. The highest BCUT2D eigenvalue weighted by Gasteiger charge is 2.21. The van der Waals surface area contributed by atoms with Gasteiger partial charge in [-0.15, -0.1) is 0 Å². The molecule has 0 aliphatic carbocycles. The van der Waals surface area contributed by atoms with Crippen LogP contribution >= 0.6 is 0 Å². The first kappa shape index (κ1) is 22.7. The third-order valence-electron chi connectivity index (χ3n) is 5.18. The molecule has 3 rings (SSSR count). The van der Waals surface area contributed by atoms with Gasteiger partial charge in [-0.05, 0) is 31.0 Å². The summed E-state index contributed by atoms with van der Waals surface area (Å²) in [6.45, 7) is 3.96. The number of amides is 1. The van der Waals surface area contributed by atoms with E-state index in [1.807, 2.05) is 37.3 Å². The van der Waals surface area contributed by atoms with Gasteiger partial charge >= 0.3 is 0 Å². The van der Waals surface area contributed by atoms with Crippen LogP contribution in [0.1, 0.15) is 42.2 Å². The standard InChI is InChI=1S/C23H27N5O4/c1-4-16(14-10-7-6-8-11-14)25-18-19(23(32)28(5-2)27-22(18)31)26-17-13-9-12-15(20(17)29)21(30)24-3/h6-13,16,25-26,29H,4-5H2,1-3H3,(H,24,30)(H,27,31). The van der Waals surface area contributed by atoms with Crippen molar-refractivity contribution in [2.75, 3.05) is 17.7 Å². The Morgan fingerprint density at radius 1 is 1.06 bits per heavy atom. The highest BCUT2D eigenvalue weighted by Crippen LogP contribution is 2.32.